The van der Waals surface area contributed by atoms with Gasteiger partial charge in [0, 0.05) is 14.2 Å². The van der Waals surface area contributed by atoms with Gasteiger partial charge in [-0.1, -0.05) is 18.2 Å². The summed E-state index contributed by atoms with van der Waals surface area (Å²) in [5.41, 5.74) is 2.42. The predicted molar refractivity (Wildman–Crippen MR) is 119 cm³/mol. The van der Waals surface area contributed by atoms with Gasteiger partial charge in [-0.25, -0.2) is 0 Å². The molecule has 0 amide bonds. The van der Waals surface area contributed by atoms with Gasteiger partial charge in [-0.2, -0.15) is 0 Å². The van der Waals surface area contributed by atoms with Crippen molar-refractivity contribution in [1.82, 2.24) is 0 Å². The van der Waals surface area contributed by atoms with Gasteiger partial charge in [0.25, 0.3) is 0 Å². The zero-order chi connectivity index (χ0) is 22.8. The number of benzene rings is 2. The van der Waals surface area contributed by atoms with Crippen molar-refractivity contribution in [3.8, 4) is 23.0 Å². The molecule has 31 heavy (non-hydrogen) atoms. The lowest BCUT2D eigenvalue weighted by Gasteiger charge is -2.26. The largest absolute Gasteiger partial charge is 0.493 e. The molecule has 0 bridgehead atoms. The molecule has 0 aliphatic heterocycles. The van der Waals surface area contributed by atoms with Crippen molar-refractivity contribution < 1.29 is 33.5 Å². The first-order valence-electron chi connectivity index (χ1n) is 9.88. The van der Waals surface area contributed by atoms with Crippen molar-refractivity contribution in [2.24, 2.45) is 0 Å². The van der Waals surface area contributed by atoms with Crippen LogP contribution in [0.3, 0.4) is 0 Å². The summed E-state index contributed by atoms with van der Waals surface area (Å²) in [5.74, 6) is 2.22. The van der Waals surface area contributed by atoms with Gasteiger partial charge in [0.15, 0.2) is 29.1 Å². The molecule has 0 aliphatic rings. The molecule has 1 unspecified atom stereocenters. The van der Waals surface area contributed by atoms with E-state index >= 15 is 0 Å². The highest BCUT2D eigenvalue weighted by Gasteiger charge is 2.26. The quantitative estimate of drug-likeness (QED) is 0.547. The molecule has 7 heteroatoms. The number of ether oxygens (including phenoxy) is 6. The van der Waals surface area contributed by atoms with Crippen molar-refractivity contribution >= 4 is 6.08 Å². The second-order valence-corrected chi connectivity index (χ2v) is 6.90. The first-order valence-corrected chi connectivity index (χ1v) is 9.88. The maximum Gasteiger partial charge on any atom is 0.163 e. The molecule has 0 fully saturated rings. The molecule has 7 nitrogen and oxygen atoms in total. The van der Waals surface area contributed by atoms with Crippen LogP contribution < -0.4 is 18.9 Å². The Kier molecular flexibility index (Phi) is 9.65. The maximum absolute atomic E-state index is 11.1. The molecule has 0 aromatic heterocycles. The average Bonchev–Trinajstić information content (AvgIpc) is 2.78. The molecule has 2 aromatic carbocycles. The van der Waals surface area contributed by atoms with Crippen molar-refractivity contribution in [1.29, 1.82) is 0 Å². The minimum absolute atomic E-state index is 0.174. The van der Waals surface area contributed by atoms with E-state index in [9.17, 15) is 5.11 Å². The van der Waals surface area contributed by atoms with Crippen molar-refractivity contribution in [2.45, 2.75) is 19.1 Å². The Hall–Kier alpha value is -2.74. The number of aryl methyl sites for hydroxylation is 1. The molecule has 170 valence electrons. The van der Waals surface area contributed by atoms with E-state index in [4.69, 9.17) is 28.4 Å². The molecule has 2 rings (SSSR count). The third-order valence-corrected chi connectivity index (χ3v) is 4.75. The standard InChI is InChI=1S/C24H32O7/c1-16-12-18(14-21(29-5)24(16)30-6)23(25)22(15-27-3)31-19-10-9-17(8-7-11-26-2)13-20(19)28-4/h7-10,12-14,22-23,25H,11,15H2,1-6H3/b8-7+/t22-,23?/m1/s1. The molecule has 0 radical (unpaired) electrons. The van der Waals surface area contributed by atoms with Crippen LogP contribution in [-0.4, -0.2) is 60.0 Å². The zero-order valence-corrected chi connectivity index (χ0v) is 19.0. The maximum atomic E-state index is 11.1. The number of aliphatic hydroxyl groups is 1. The van der Waals surface area contributed by atoms with E-state index in [0.29, 0.717) is 35.2 Å². The van der Waals surface area contributed by atoms with Gasteiger partial charge in [0.05, 0.1) is 34.5 Å². The monoisotopic (exact) mass is 432 g/mol. The Morgan fingerprint density at radius 2 is 1.61 bits per heavy atom. The van der Waals surface area contributed by atoms with E-state index in [0.717, 1.165) is 11.1 Å². The summed E-state index contributed by atoms with van der Waals surface area (Å²) < 4.78 is 32.8. The summed E-state index contributed by atoms with van der Waals surface area (Å²) in [6.07, 6.45) is 2.20. The fraction of sp³-hybridized carbons (Fsp3) is 0.417. The molecule has 0 saturated carbocycles. The number of hydrogen-bond acceptors (Lipinski definition) is 7. The normalized spacial score (nSPS) is 13.1. The van der Waals surface area contributed by atoms with Crippen LogP contribution in [0.4, 0.5) is 0 Å². The summed E-state index contributed by atoms with van der Waals surface area (Å²) in [6.45, 7) is 2.59. The number of methoxy groups -OCH3 is 5. The van der Waals surface area contributed by atoms with E-state index in [1.165, 1.54) is 0 Å². The smallest absolute Gasteiger partial charge is 0.163 e. The molecule has 0 heterocycles. The van der Waals surface area contributed by atoms with Crippen LogP contribution in [0.5, 0.6) is 23.0 Å². The lowest BCUT2D eigenvalue weighted by atomic mass is 10.0. The van der Waals surface area contributed by atoms with Crippen molar-refractivity contribution in [2.75, 3.05) is 48.8 Å². The summed E-state index contributed by atoms with van der Waals surface area (Å²) in [6, 6.07) is 9.15. The van der Waals surface area contributed by atoms with E-state index < -0.39 is 12.2 Å². The topological polar surface area (TPSA) is 75.6 Å². The molecule has 0 aliphatic carbocycles. The molecular formula is C24H32O7. The number of rotatable bonds is 12. The van der Waals surface area contributed by atoms with Gasteiger partial charge < -0.3 is 33.5 Å². The van der Waals surface area contributed by atoms with Gasteiger partial charge in [0.2, 0.25) is 0 Å². The van der Waals surface area contributed by atoms with Crippen molar-refractivity contribution in [3.05, 3.63) is 53.1 Å². The minimum Gasteiger partial charge on any atom is -0.493 e. The Morgan fingerprint density at radius 1 is 0.871 bits per heavy atom. The van der Waals surface area contributed by atoms with Gasteiger partial charge in [-0.3, -0.25) is 0 Å². The summed E-state index contributed by atoms with van der Waals surface area (Å²) in [7, 11) is 7.92. The number of hydrogen-bond donors (Lipinski definition) is 1. The minimum atomic E-state index is -0.968. The first-order chi connectivity index (χ1) is 15.0. The summed E-state index contributed by atoms with van der Waals surface area (Å²) in [5, 5.41) is 11.1. The highest BCUT2D eigenvalue weighted by Crippen LogP contribution is 2.36. The van der Waals surface area contributed by atoms with Crippen LogP contribution in [0.2, 0.25) is 0 Å². The molecule has 2 aromatic rings. The van der Waals surface area contributed by atoms with Gasteiger partial charge in [0.1, 0.15) is 6.10 Å². The van der Waals surface area contributed by atoms with E-state index in [1.54, 1.807) is 47.7 Å². The van der Waals surface area contributed by atoms with Gasteiger partial charge in [-0.05, 0) is 47.9 Å². The third kappa shape index (κ3) is 6.37. The molecule has 0 saturated heterocycles. The van der Waals surface area contributed by atoms with Crippen LogP contribution in [0.15, 0.2) is 36.4 Å². The third-order valence-electron chi connectivity index (χ3n) is 4.75. The predicted octanol–water partition coefficient (Wildman–Crippen LogP) is 3.81. The second-order valence-electron chi connectivity index (χ2n) is 6.90. The molecule has 0 spiro atoms. The highest BCUT2D eigenvalue weighted by atomic mass is 16.6. The van der Waals surface area contributed by atoms with Crippen LogP contribution in [0, 0.1) is 6.92 Å². The first kappa shape index (κ1) is 24.5. The lowest BCUT2D eigenvalue weighted by Crippen LogP contribution is -2.30. The summed E-state index contributed by atoms with van der Waals surface area (Å²) in [4.78, 5) is 0. The Labute approximate surface area is 184 Å². The van der Waals surface area contributed by atoms with Crippen LogP contribution in [-0.2, 0) is 9.47 Å². The SMILES string of the molecule is COC/C=C/c1ccc(O[C@H](COC)C(O)c2cc(C)c(OC)c(OC)c2)c(OC)c1. The Morgan fingerprint density at radius 3 is 2.23 bits per heavy atom. The molecule has 1 N–H and O–H groups in total. The van der Waals surface area contributed by atoms with E-state index in [2.05, 4.69) is 0 Å². The zero-order valence-electron chi connectivity index (χ0n) is 19.0. The summed E-state index contributed by atoms with van der Waals surface area (Å²) >= 11 is 0. The van der Waals surface area contributed by atoms with Crippen LogP contribution in [0.25, 0.3) is 6.08 Å². The number of aliphatic hydroxyl groups excluding tert-OH is 1. The van der Waals surface area contributed by atoms with Gasteiger partial charge >= 0.3 is 0 Å². The van der Waals surface area contributed by atoms with Gasteiger partial charge in [-0.15, -0.1) is 0 Å². The van der Waals surface area contributed by atoms with Crippen LogP contribution >= 0.6 is 0 Å². The van der Waals surface area contributed by atoms with E-state index in [-0.39, 0.29) is 6.61 Å². The lowest BCUT2D eigenvalue weighted by molar-refractivity contribution is -0.0134. The van der Waals surface area contributed by atoms with E-state index in [1.807, 2.05) is 37.3 Å². The molecular weight excluding hydrogens is 400 g/mol. The van der Waals surface area contributed by atoms with Crippen LogP contribution in [0.1, 0.15) is 22.8 Å². The second kappa shape index (κ2) is 12.2. The average molecular weight is 433 g/mol. The highest BCUT2D eigenvalue weighted by molar-refractivity contribution is 5.56. The Bertz CT molecular complexity index is 863. The fourth-order valence-corrected chi connectivity index (χ4v) is 3.25. The molecule has 2 atom stereocenters. The fourth-order valence-electron chi connectivity index (χ4n) is 3.25. The van der Waals surface area contributed by atoms with Crippen molar-refractivity contribution in [3.63, 3.8) is 0 Å². The Balaban J connectivity index is 2.31.